The monoisotopic (exact) mass is 538 g/mol. The molecule has 0 spiro atoms. The van der Waals surface area contributed by atoms with E-state index >= 15 is 0 Å². The number of aliphatic hydroxyl groups excluding tert-OH is 1. The van der Waals surface area contributed by atoms with Crippen molar-refractivity contribution < 1.29 is 48.2 Å². The molecule has 2 N–H and O–H groups in total. The van der Waals surface area contributed by atoms with E-state index in [1.165, 1.54) is 14.2 Å². The molecule has 2 saturated heterocycles. The molecule has 0 saturated carbocycles. The number of carbonyl (C=O) groups is 1. The number of benzene rings is 2. The van der Waals surface area contributed by atoms with Gasteiger partial charge >= 0.3 is 6.16 Å². The van der Waals surface area contributed by atoms with Crippen molar-refractivity contribution in [2.75, 3.05) is 21.3 Å². The topological polar surface area (TPSA) is 122 Å². The van der Waals surface area contributed by atoms with Crippen molar-refractivity contribution >= 4 is 17.8 Å². The molecule has 4 rings (SSSR count). The summed E-state index contributed by atoms with van der Waals surface area (Å²) in [5.74, 6) is -2.15. The Kier molecular flexibility index (Phi) is 8.01. The molecule has 11 heteroatoms. The second-order valence-corrected chi connectivity index (χ2v) is 9.55. The Balaban J connectivity index is 1.66. The zero-order valence-electron chi connectivity index (χ0n) is 21.2. The Morgan fingerprint density at radius 3 is 2.19 bits per heavy atom. The van der Waals surface area contributed by atoms with Gasteiger partial charge in [0.05, 0.1) is 7.11 Å². The third kappa shape index (κ3) is 5.28. The lowest BCUT2D eigenvalue weighted by atomic mass is 9.90. The van der Waals surface area contributed by atoms with Crippen molar-refractivity contribution in [1.29, 1.82) is 0 Å². The average Bonchev–Trinajstić information content (AvgIpc) is 2.88. The van der Waals surface area contributed by atoms with Crippen molar-refractivity contribution in [2.24, 2.45) is 0 Å². The Morgan fingerprint density at radius 1 is 1.00 bits per heavy atom. The molecule has 0 radical (unpaired) electrons. The quantitative estimate of drug-likeness (QED) is 0.502. The summed E-state index contributed by atoms with van der Waals surface area (Å²) in [6.07, 6.45) is -6.99. The van der Waals surface area contributed by atoms with Gasteiger partial charge in [0.25, 0.3) is 0 Å². The van der Waals surface area contributed by atoms with Crippen LogP contribution in [0.1, 0.15) is 36.6 Å². The summed E-state index contributed by atoms with van der Waals surface area (Å²) >= 11 is 6.49. The molecule has 7 unspecified atom stereocenters. The number of methoxy groups -OCH3 is 3. The molecule has 202 valence electrons. The standard InChI is InChI=1S/C26H31ClO10/c1-25(32-4)26(2,33-5)37-22-21(36-25)19(28)20(34-23(22)35-24(29)30)15-8-11-18(27)16(13-15)12-14-6-9-17(31-3)10-7-14/h6-11,13,19-23,28H,12H2,1-5H3,(H,29,30). The predicted molar refractivity (Wildman–Crippen MR) is 131 cm³/mol. The van der Waals surface area contributed by atoms with Gasteiger partial charge in [-0.1, -0.05) is 35.9 Å². The molecule has 0 bridgehead atoms. The fourth-order valence-corrected chi connectivity index (χ4v) is 4.81. The SMILES string of the molecule is COc1ccc(Cc2cc(C3OC(OC(=O)O)C4OC(C)(OC)C(C)(OC)OC4C3O)ccc2Cl)cc1. The molecule has 2 heterocycles. The summed E-state index contributed by atoms with van der Waals surface area (Å²) in [7, 11) is 4.41. The lowest BCUT2D eigenvalue weighted by molar-refractivity contribution is -0.482. The van der Waals surface area contributed by atoms with Gasteiger partial charge in [0.15, 0.2) is 6.10 Å². The summed E-state index contributed by atoms with van der Waals surface area (Å²) in [4.78, 5) is 11.5. The van der Waals surface area contributed by atoms with E-state index in [9.17, 15) is 15.0 Å². The minimum Gasteiger partial charge on any atom is -0.497 e. The van der Waals surface area contributed by atoms with Gasteiger partial charge in [-0.15, -0.1) is 0 Å². The number of carboxylic acid groups (broad SMARTS) is 1. The number of fused-ring (bicyclic) bond motifs is 1. The predicted octanol–water partition coefficient (Wildman–Crippen LogP) is 3.90. The van der Waals surface area contributed by atoms with Crippen LogP contribution in [0.3, 0.4) is 0 Å². The highest BCUT2D eigenvalue weighted by atomic mass is 35.5. The molecular weight excluding hydrogens is 508 g/mol. The summed E-state index contributed by atoms with van der Waals surface area (Å²) in [6, 6.07) is 12.8. The van der Waals surface area contributed by atoms with Crippen LogP contribution in [-0.4, -0.2) is 73.9 Å². The van der Waals surface area contributed by atoms with E-state index in [1.54, 1.807) is 39.2 Å². The van der Waals surface area contributed by atoms with Gasteiger partial charge in [-0.25, -0.2) is 4.79 Å². The van der Waals surface area contributed by atoms with Gasteiger partial charge in [0, 0.05) is 19.2 Å². The maximum Gasteiger partial charge on any atom is 0.508 e. The molecule has 0 aliphatic carbocycles. The molecule has 2 fully saturated rings. The van der Waals surface area contributed by atoms with Crippen LogP contribution >= 0.6 is 11.6 Å². The van der Waals surface area contributed by atoms with E-state index < -0.39 is 48.4 Å². The molecule has 2 aromatic rings. The van der Waals surface area contributed by atoms with Crippen LogP contribution in [0.25, 0.3) is 0 Å². The van der Waals surface area contributed by atoms with E-state index in [-0.39, 0.29) is 0 Å². The fraction of sp³-hybridized carbons (Fsp3) is 0.500. The minimum atomic E-state index is -1.57. The van der Waals surface area contributed by atoms with Crippen LogP contribution in [0, 0.1) is 0 Å². The van der Waals surface area contributed by atoms with E-state index in [0.717, 1.165) is 16.9 Å². The van der Waals surface area contributed by atoms with Gasteiger partial charge in [-0.05, 0) is 55.2 Å². The highest BCUT2D eigenvalue weighted by molar-refractivity contribution is 6.31. The molecule has 37 heavy (non-hydrogen) atoms. The molecule has 0 amide bonds. The summed E-state index contributed by atoms with van der Waals surface area (Å²) in [5, 5.41) is 21.3. The summed E-state index contributed by atoms with van der Waals surface area (Å²) in [5.41, 5.74) is 2.34. The number of ether oxygens (including phenoxy) is 7. The van der Waals surface area contributed by atoms with Crippen molar-refractivity contribution in [3.05, 3.63) is 64.2 Å². The van der Waals surface area contributed by atoms with Crippen molar-refractivity contribution in [3.8, 4) is 5.75 Å². The normalized spacial score (nSPS) is 33.4. The number of hydrogen-bond acceptors (Lipinski definition) is 9. The minimum absolute atomic E-state index is 0.508. The molecule has 2 aliphatic heterocycles. The van der Waals surface area contributed by atoms with Crippen LogP contribution < -0.4 is 4.74 Å². The van der Waals surface area contributed by atoms with Gasteiger partial charge in [-0.2, -0.15) is 0 Å². The van der Waals surface area contributed by atoms with Gasteiger partial charge in [-0.3, -0.25) is 0 Å². The Hall–Kier alpha value is -2.44. The first-order chi connectivity index (χ1) is 17.5. The number of rotatable bonds is 7. The van der Waals surface area contributed by atoms with E-state index in [4.69, 9.17) is 44.8 Å². The average molecular weight is 539 g/mol. The molecule has 0 aromatic heterocycles. The zero-order valence-corrected chi connectivity index (χ0v) is 21.9. The number of aliphatic hydroxyl groups is 1. The third-order valence-corrected chi connectivity index (χ3v) is 7.38. The number of halogens is 1. The van der Waals surface area contributed by atoms with E-state index in [0.29, 0.717) is 17.0 Å². The Morgan fingerprint density at radius 2 is 1.62 bits per heavy atom. The third-order valence-electron chi connectivity index (χ3n) is 7.01. The van der Waals surface area contributed by atoms with Crippen LogP contribution in [0.4, 0.5) is 4.79 Å². The van der Waals surface area contributed by atoms with Crippen molar-refractivity contribution in [1.82, 2.24) is 0 Å². The van der Waals surface area contributed by atoms with Crippen LogP contribution in [0.5, 0.6) is 5.75 Å². The molecule has 10 nitrogen and oxygen atoms in total. The van der Waals surface area contributed by atoms with Crippen molar-refractivity contribution in [3.63, 3.8) is 0 Å². The second kappa shape index (κ2) is 10.7. The van der Waals surface area contributed by atoms with Gasteiger partial charge in [0.2, 0.25) is 17.9 Å². The van der Waals surface area contributed by atoms with Crippen LogP contribution in [-0.2, 0) is 34.8 Å². The zero-order chi connectivity index (χ0) is 27.0. The largest absolute Gasteiger partial charge is 0.508 e. The second-order valence-electron chi connectivity index (χ2n) is 9.14. The van der Waals surface area contributed by atoms with Gasteiger partial charge < -0.3 is 43.4 Å². The van der Waals surface area contributed by atoms with Gasteiger partial charge in [0.1, 0.15) is 24.1 Å². The highest BCUT2D eigenvalue weighted by Crippen LogP contribution is 2.46. The van der Waals surface area contributed by atoms with E-state index in [2.05, 4.69) is 0 Å². The van der Waals surface area contributed by atoms with Crippen molar-refractivity contribution in [2.45, 2.75) is 62.5 Å². The fourth-order valence-electron chi connectivity index (χ4n) is 4.62. The summed E-state index contributed by atoms with van der Waals surface area (Å²) in [6.45, 7) is 3.18. The maximum atomic E-state index is 11.5. The first kappa shape index (κ1) is 27.6. The van der Waals surface area contributed by atoms with Crippen LogP contribution in [0.15, 0.2) is 42.5 Å². The first-order valence-electron chi connectivity index (χ1n) is 11.6. The molecule has 2 aliphatic rings. The first-order valence-corrected chi connectivity index (χ1v) is 12.0. The molecule has 7 atom stereocenters. The lowest BCUT2D eigenvalue weighted by Crippen LogP contribution is -2.71. The summed E-state index contributed by atoms with van der Waals surface area (Å²) < 4.78 is 39.5. The lowest BCUT2D eigenvalue weighted by Gasteiger charge is -2.56. The van der Waals surface area contributed by atoms with E-state index in [1.807, 2.05) is 24.3 Å². The van der Waals surface area contributed by atoms with Crippen LogP contribution in [0.2, 0.25) is 5.02 Å². The maximum absolute atomic E-state index is 11.5. The molecular formula is C26H31ClO10. The Bertz CT molecular complexity index is 1110. The Labute approximate surface area is 219 Å². The highest BCUT2D eigenvalue weighted by Gasteiger charge is 2.63. The molecule has 2 aromatic carbocycles. The number of hydrogen-bond donors (Lipinski definition) is 2. The smallest absolute Gasteiger partial charge is 0.497 e.